The summed E-state index contributed by atoms with van der Waals surface area (Å²) in [6, 6.07) is 1.82. The maximum Gasteiger partial charge on any atom is 0.221 e. The number of nitrogens with two attached hydrogens (primary N) is 1. The highest BCUT2D eigenvalue weighted by molar-refractivity contribution is 7.99. The first-order valence-electron chi connectivity index (χ1n) is 4.40. The van der Waals surface area contributed by atoms with E-state index in [2.05, 4.69) is 19.9 Å². The highest BCUT2D eigenvalue weighted by atomic mass is 35.5. The number of hydrogen-bond donors (Lipinski definition) is 1. The molecule has 2 aromatic heterocycles. The lowest BCUT2D eigenvalue weighted by molar-refractivity contribution is 0.926. The van der Waals surface area contributed by atoms with Crippen molar-refractivity contribution in [3.8, 4) is 0 Å². The Labute approximate surface area is 101 Å². The van der Waals surface area contributed by atoms with Crippen molar-refractivity contribution in [3.63, 3.8) is 0 Å². The molecule has 82 valence electrons. The number of hydrogen-bond acceptors (Lipinski definition) is 6. The molecule has 0 bridgehead atoms. The first-order valence-corrected chi connectivity index (χ1v) is 5.60. The quantitative estimate of drug-likeness (QED) is 0.651. The third-order valence-electron chi connectivity index (χ3n) is 1.69. The Morgan fingerprint density at radius 3 is 2.88 bits per heavy atom. The van der Waals surface area contributed by atoms with Gasteiger partial charge in [-0.1, -0.05) is 11.6 Å². The molecule has 5 nitrogen and oxygen atoms in total. The zero-order chi connectivity index (χ0) is 11.5. The second-order valence-electron chi connectivity index (χ2n) is 2.96. The van der Waals surface area contributed by atoms with Gasteiger partial charge in [-0.05, 0) is 24.8 Å². The van der Waals surface area contributed by atoms with Gasteiger partial charge in [-0.3, -0.25) is 0 Å². The third-order valence-corrected chi connectivity index (χ3v) is 2.96. The summed E-state index contributed by atoms with van der Waals surface area (Å²) in [6.45, 7) is 1.89. The standard InChI is InChI=1S/C9H8ClN5S/c1-5-2-3-12-9(14-5)16-7-6(10)4-13-8(11)15-7/h2-4H,1H3,(H2,11,13,15). The molecule has 0 saturated heterocycles. The van der Waals surface area contributed by atoms with Gasteiger partial charge in [0.05, 0.1) is 11.2 Å². The molecule has 0 amide bonds. The fourth-order valence-corrected chi connectivity index (χ4v) is 1.97. The van der Waals surface area contributed by atoms with Crippen LogP contribution in [0.4, 0.5) is 5.95 Å². The molecular formula is C9H8ClN5S. The van der Waals surface area contributed by atoms with E-state index in [0.29, 0.717) is 15.2 Å². The van der Waals surface area contributed by atoms with Crippen LogP contribution in [0.15, 0.2) is 28.6 Å². The molecule has 0 radical (unpaired) electrons. The minimum atomic E-state index is 0.180. The number of nitrogens with zero attached hydrogens (tertiary/aromatic N) is 4. The van der Waals surface area contributed by atoms with Gasteiger partial charge in [0.1, 0.15) is 5.03 Å². The summed E-state index contributed by atoms with van der Waals surface area (Å²) >= 11 is 7.19. The van der Waals surface area contributed by atoms with E-state index < -0.39 is 0 Å². The molecule has 7 heteroatoms. The Hall–Kier alpha value is -1.40. The van der Waals surface area contributed by atoms with E-state index in [1.807, 2.05) is 13.0 Å². The monoisotopic (exact) mass is 253 g/mol. The minimum absolute atomic E-state index is 0.180. The number of rotatable bonds is 2. The van der Waals surface area contributed by atoms with Gasteiger partial charge >= 0.3 is 0 Å². The normalized spacial score (nSPS) is 10.4. The Balaban J connectivity index is 2.30. The van der Waals surface area contributed by atoms with Crippen LogP contribution >= 0.6 is 23.4 Å². The van der Waals surface area contributed by atoms with Crippen molar-refractivity contribution in [3.05, 3.63) is 29.2 Å². The third kappa shape index (κ3) is 2.59. The topological polar surface area (TPSA) is 77.6 Å². The summed E-state index contributed by atoms with van der Waals surface area (Å²) in [5, 5.41) is 1.57. The van der Waals surface area contributed by atoms with E-state index >= 15 is 0 Å². The van der Waals surface area contributed by atoms with Crippen LogP contribution in [0.2, 0.25) is 5.02 Å². The molecule has 0 spiro atoms. The van der Waals surface area contributed by atoms with E-state index in [1.54, 1.807) is 6.20 Å². The van der Waals surface area contributed by atoms with Gasteiger partial charge < -0.3 is 5.73 Å². The predicted octanol–water partition coefficient (Wildman–Crippen LogP) is 1.96. The Morgan fingerprint density at radius 1 is 1.31 bits per heavy atom. The van der Waals surface area contributed by atoms with E-state index in [9.17, 15) is 0 Å². The van der Waals surface area contributed by atoms with Crippen LogP contribution in [0.5, 0.6) is 0 Å². The molecule has 2 rings (SSSR count). The molecular weight excluding hydrogens is 246 g/mol. The summed E-state index contributed by atoms with van der Waals surface area (Å²) in [7, 11) is 0. The molecule has 2 heterocycles. The molecule has 2 N–H and O–H groups in total. The van der Waals surface area contributed by atoms with Crippen molar-refractivity contribution in [1.82, 2.24) is 19.9 Å². The van der Waals surface area contributed by atoms with Crippen LogP contribution in [0.1, 0.15) is 5.69 Å². The van der Waals surface area contributed by atoms with Gasteiger partial charge in [-0.2, -0.15) is 0 Å². The molecule has 0 aromatic carbocycles. The van der Waals surface area contributed by atoms with Crippen molar-refractivity contribution >= 4 is 29.3 Å². The molecule has 2 aromatic rings. The number of aryl methyl sites for hydroxylation is 1. The average molecular weight is 254 g/mol. The van der Waals surface area contributed by atoms with Crippen molar-refractivity contribution in [1.29, 1.82) is 0 Å². The van der Waals surface area contributed by atoms with Gasteiger partial charge in [-0.25, -0.2) is 19.9 Å². The summed E-state index contributed by atoms with van der Waals surface area (Å²) in [6.07, 6.45) is 3.14. The van der Waals surface area contributed by atoms with Crippen molar-refractivity contribution in [2.75, 3.05) is 5.73 Å². The summed E-state index contributed by atoms with van der Waals surface area (Å²) in [5.41, 5.74) is 6.36. The lowest BCUT2D eigenvalue weighted by atomic mass is 10.5. The first-order chi connectivity index (χ1) is 7.65. The van der Waals surface area contributed by atoms with Crippen LogP contribution < -0.4 is 5.73 Å². The zero-order valence-electron chi connectivity index (χ0n) is 8.38. The van der Waals surface area contributed by atoms with E-state index in [1.165, 1.54) is 18.0 Å². The largest absolute Gasteiger partial charge is 0.368 e. The van der Waals surface area contributed by atoms with Crippen LogP contribution in [-0.4, -0.2) is 19.9 Å². The van der Waals surface area contributed by atoms with Gasteiger partial charge in [-0.15, -0.1) is 0 Å². The minimum Gasteiger partial charge on any atom is -0.368 e. The van der Waals surface area contributed by atoms with Crippen LogP contribution in [0, 0.1) is 6.92 Å². The maximum absolute atomic E-state index is 5.93. The molecule has 16 heavy (non-hydrogen) atoms. The highest BCUT2D eigenvalue weighted by Crippen LogP contribution is 2.28. The fourth-order valence-electron chi connectivity index (χ4n) is 0.997. The molecule has 0 aliphatic heterocycles. The predicted molar refractivity (Wildman–Crippen MR) is 62.3 cm³/mol. The lowest BCUT2D eigenvalue weighted by Gasteiger charge is -2.02. The second-order valence-corrected chi connectivity index (χ2v) is 4.33. The molecule has 0 saturated carbocycles. The van der Waals surface area contributed by atoms with E-state index in [0.717, 1.165) is 5.69 Å². The highest BCUT2D eigenvalue weighted by Gasteiger charge is 2.08. The Morgan fingerprint density at radius 2 is 2.12 bits per heavy atom. The number of nitrogen functional groups attached to an aromatic ring is 1. The molecule has 0 fully saturated rings. The van der Waals surface area contributed by atoms with E-state index in [4.69, 9.17) is 17.3 Å². The van der Waals surface area contributed by atoms with Crippen LogP contribution in [-0.2, 0) is 0 Å². The van der Waals surface area contributed by atoms with Crippen LogP contribution in [0.3, 0.4) is 0 Å². The van der Waals surface area contributed by atoms with E-state index in [-0.39, 0.29) is 5.95 Å². The summed E-state index contributed by atoms with van der Waals surface area (Å²) in [4.78, 5) is 16.1. The summed E-state index contributed by atoms with van der Waals surface area (Å²) in [5.74, 6) is 0.180. The SMILES string of the molecule is Cc1ccnc(Sc2nc(N)ncc2Cl)n1. The van der Waals surface area contributed by atoms with Crippen molar-refractivity contribution in [2.45, 2.75) is 17.1 Å². The fraction of sp³-hybridized carbons (Fsp3) is 0.111. The molecule has 0 aliphatic carbocycles. The lowest BCUT2D eigenvalue weighted by Crippen LogP contribution is -1.96. The molecule has 0 atom stereocenters. The Kier molecular flexibility index (Phi) is 3.21. The van der Waals surface area contributed by atoms with Crippen molar-refractivity contribution in [2.24, 2.45) is 0 Å². The number of aromatic nitrogens is 4. The Bertz CT molecular complexity index is 519. The van der Waals surface area contributed by atoms with Crippen LogP contribution in [0.25, 0.3) is 0 Å². The molecule has 0 unspecified atom stereocenters. The van der Waals surface area contributed by atoms with Gasteiger partial charge in [0, 0.05) is 11.9 Å². The van der Waals surface area contributed by atoms with Gasteiger partial charge in [0.25, 0.3) is 0 Å². The average Bonchev–Trinajstić information content (AvgIpc) is 2.24. The molecule has 0 aliphatic rings. The number of anilines is 1. The maximum atomic E-state index is 5.93. The smallest absolute Gasteiger partial charge is 0.221 e. The summed E-state index contributed by atoms with van der Waals surface area (Å²) < 4.78 is 0. The second kappa shape index (κ2) is 4.63. The zero-order valence-corrected chi connectivity index (χ0v) is 9.96. The number of halogens is 1. The van der Waals surface area contributed by atoms with Crippen molar-refractivity contribution < 1.29 is 0 Å². The van der Waals surface area contributed by atoms with Gasteiger partial charge in [0.15, 0.2) is 5.16 Å². The van der Waals surface area contributed by atoms with Gasteiger partial charge in [0.2, 0.25) is 5.95 Å². The first kappa shape index (κ1) is 11.1.